The van der Waals surface area contributed by atoms with Crippen LogP contribution >= 0.6 is 11.6 Å². The van der Waals surface area contributed by atoms with E-state index in [0.717, 1.165) is 47.1 Å². The number of carbonyl (C=O) groups excluding carboxylic acids is 1. The molecule has 0 aliphatic heterocycles. The monoisotopic (exact) mass is 506 g/mol. The van der Waals surface area contributed by atoms with Gasteiger partial charge in [-0.3, -0.25) is 4.79 Å². The summed E-state index contributed by atoms with van der Waals surface area (Å²) >= 11 is 6.67. The number of hydrogen-bond donors (Lipinski definition) is 1. The minimum Gasteiger partial charge on any atom is -0.459 e. The Kier molecular flexibility index (Phi) is 8.20. The number of benzene rings is 2. The van der Waals surface area contributed by atoms with Crippen molar-refractivity contribution in [3.05, 3.63) is 87.5 Å². The van der Waals surface area contributed by atoms with Gasteiger partial charge in [0.25, 0.3) is 0 Å². The van der Waals surface area contributed by atoms with Crippen molar-refractivity contribution in [2.45, 2.75) is 65.7 Å². The van der Waals surface area contributed by atoms with E-state index in [-0.39, 0.29) is 5.91 Å². The SMILES string of the molecule is Cc1ccc(CC(C)CCCNC(=O)Cc2ccc3oc(C(Cl)c4c(C)noc4C)cc3c2)c(C)c1. The van der Waals surface area contributed by atoms with E-state index in [1.54, 1.807) is 0 Å². The van der Waals surface area contributed by atoms with Crippen LogP contribution in [0.5, 0.6) is 0 Å². The molecular formula is C30H35ClN2O3. The molecule has 6 heteroatoms. The molecule has 0 aliphatic rings. The van der Waals surface area contributed by atoms with Crippen molar-refractivity contribution >= 4 is 28.5 Å². The van der Waals surface area contributed by atoms with Gasteiger partial charge in [-0.2, -0.15) is 0 Å². The largest absolute Gasteiger partial charge is 0.459 e. The van der Waals surface area contributed by atoms with E-state index in [2.05, 4.69) is 49.4 Å². The average molecular weight is 507 g/mol. The van der Waals surface area contributed by atoms with E-state index >= 15 is 0 Å². The number of nitrogens with one attached hydrogen (secondary N) is 1. The highest BCUT2D eigenvalue weighted by molar-refractivity contribution is 6.22. The van der Waals surface area contributed by atoms with Crippen molar-refractivity contribution in [3.63, 3.8) is 0 Å². The van der Waals surface area contributed by atoms with Crippen LogP contribution in [0.25, 0.3) is 11.0 Å². The summed E-state index contributed by atoms with van der Waals surface area (Å²) in [5, 5.41) is 7.50. The Labute approximate surface area is 218 Å². The number of hydrogen-bond acceptors (Lipinski definition) is 4. The number of furan rings is 1. The zero-order chi connectivity index (χ0) is 25.8. The summed E-state index contributed by atoms with van der Waals surface area (Å²) in [7, 11) is 0. The number of halogens is 1. The molecule has 0 fully saturated rings. The number of nitrogens with zero attached hydrogens (tertiary/aromatic N) is 1. The molecule has 0 saturated carbocycles. The van der Waals surface area contributed by atoms with Crippen molar-refractivity contribution in [3.8, 4) is 0 Å². The van der Waals surface area contributed by atoms with Crippen molar-refractivity contribution in [1.29, 1.82) is 0 Å². The molecule has 4 aromatic rings. The fourth-order valence-corrected chi connectivity index (χ4v) is 5.24. The lowest BCUT2D eigenvalue weighted by Gasteiger charge is -2.14. The van der Waals surface area contributed by atoms with E-state index in [0.29, 0.717) is 30.4 Å². The summed E-state index contributed by atoms with van der Waals surface area (Å²) in [6.45, 7) is 11.0. The van der Waals surface area contributed by atoms with Crippen molar-refractivity contribution in [2.75, 3.05) is 6.54 Å². The van der Waals surface area contributed by atoms with E-state index in [9.17, 15) is 4.79 Å². The lowest BCUT2D eigenvalue weighted by Crippen LogP contribution is -2.26. The molecule has 0 radical (unpaired) electrons. The van der Waals surface area contributed by atoms with Crippen LogP contribution in [0.15, 0.2) is 51.4 Å². The Hall–Kier alpha value is -3.05. The third-order valence-corrected chi connectivity index (χ3v) is 7.25. The van der Waals surface area contributed by atoms with Gasteiger partial charge in [0, 0.05) is 17.5 Å². The molecule has 0 saturated heterocycles. The van der Waals surface area contributed by atoms with Crippen LogP contribution in [0.2, 0.25) is 0 Å². The maximum Gasteiger partial charge on any atom is 0.224 e. The number of fused-ring (bicyclic) bond motifs is 1. The molecule has 0 spiro atoms. The van der Waals surface area contributed by atoms with E-state index in [1.165, 1.54) is 16.7 Å². The molecule has 36 heavy (non-hydrogen) atoms. The first-order valence-corrected chi connectivity index (χ1v) is 13.1. The molecule has 4 rings (SSSR count). The maximum atomic E-state index is 12.5. The molecule has 2 atom stereocenters. The predicted molar refractivity (Wildman–Crippen MR) is 145 cm³/mol. The molecular weight excluding hydrogens is 472 g/mol. The summed E-state index contributed by atoms with van der Waals surface area (Å²) in [6.07, 6.45) is 3.47. The van der Waals surface area contributed by atoms with Crippen molar-refractivity contribution in [1.82, 2.24) is 10.5 Å². The minimum absolute atomic E-state index is 0.0334. The van der Waals surface area contributed by atoms with Crippen molar-refractivity contribution < 1.29 is 13.7 Å². The van der Waals surface area contributed by atoms with Gasteiger partial charge in [-0.1, -0.05) is 41.9 Å². The Balaban J connectivity index is 1.27. The van der Waals surface area contributed by atoms with Gasteiger partial charge >= 0.3 is 0 Å². The van der Waals surface area contributed by atoms with Gasteiger partial charge in [-0.25, -0.2) is 0 Å². The highest BCUT2D eigenvalue weighted by atomic mass is 35.5. The molecule has 5 nitrogen and oxygen atoms in total. The first-order valence-electron chi connectivity index (χ1n) is 12.6. The van der Waals surface area contributed by atoms with Crippen LogP contribution in [-0.4, -0.2) is 17.6 Å². The minimum atomic E-state index is -0.479. The molecule has 1 N–H and O–H groups in total. The first-order chi connectivity index (χ1) is 17.2. The lowest BCUT2D eigenvalue weighted by molar-refractivity contribution is -0.120. The smallest absolute Gasteiger partial charge is 0.224 e. The maximum absolute atomic E-state index is 12.5. The van der Waals surface area contributed by atoms with Crippen molar-refractivity contribution in [2.24, 2.45) is 5.92 Å². The Morgan fingerprint density at radius 3 is 2.61 bits per heavy atom. The fraction of sp³-hybridized carbons (Fsp3) is 0.400. The molecule has 0 bridgehead atoms. The topological polar surface area (TPSA) is 68.3 Å². The van der Waals surface area contributed by atoms with Crippen LogP contribution in [0.4, 0.5) is 0 Å². The zero-order valence-electron chi connectivity index (χ0n) is 21.8. The Bertz CT molecular complexity index is 1330. The van der Waals surface area contributed by atoms with Gasteiger partial charge in [0.2, 0.25) is 5.91 Å². The number of amides is 1. The molecule has 1 amide bonds. The van der Waals surface area contributed by atoms with E-state index in [4.69, 9.17) is 20.5 Å². The van der Waals surface area contributed by atoms with Gasteiger partial charge in [0.05, 0.1) is 12.1 Å². The summed E-state index contributed by atoms with van der Waals surface area (Å²) in [4.78, 5) is 12.5. The first kappa shape index (κ1) is 26.0. The standard InChI is InChI=1S/C30H35ClN2O3/c1-18(14-24-10-8-19(2)13-20(24)3)7-6-12-32-28(34)16-23-9-11-26-25(15-23)17-27(35-26)30(31)29-21(4)33-36-22(29)5/h8-11,13,15,17-18,30H,6-7,12,14,16H2,1-5H3,(H,32,34). The van der Waals surface area contributed by atoms with Crippen LogP contribution in [0, 0.1) is 33.6 Å². The number of aromatic nitrogens is 1. The number of carbonyl (C=O) groups is 1. The van der Waals surface area contributed by atoms with Gasteiger partial charge in [0.1, 0.15) is 22.5 Å². The number of alkyl halides is 1. The van der Waals surface area contributed by atoms with Crippen LogP contribution in [-0.2, 0) is 17.6 Å². The van der Waals surface area contributed by atoms with Crippen LogP contribution in [0.3, 0.4) is 0 Å². The summed E-state index contributed by atoms with van der Waals surface area (Å²) in [6, 6.07) is 14.4. The highest BCUT2D eigenvalue weighted by Gasteiger charge is 2.23. The molecule has 2 unspecified atom stereocenters. The molecule has 190 valence electrons. The quantitative estimate of drug-likeness (QED) is 0.181. The van der Waals surface area contributed by atoms with Gasteiger partial charge < -0.3 is 14.3 Å². The lowest BCUT2D eigenvalue weighted by atomic mass is 9.93. The average Bonchev–Trinajstić information content (AvgIpc) is 3.40. The molecule has 2 aromatic heterocycles. The van der Waals surface area contributed by atoms with E-state index < -0.39 is 5.38 Å². The fourth-order valence-electron chi connectivity index (χ4n) is 4.82. The second-order valence-corrected chi connectivity index (χ2v) is 10.5. The normalized spacial score (nSPS) is 13.2. The third kappa shape index (κ3) is 6.19. The van der Waals surface area contributed by atoms with Gasteiger partial charge in [0.15, 0.2) is 0 Å². The van der Waals surface area contributed by atoms with Gasteiger partial charge in [-0.15, -0.1) is 11.6 Å². The Morgan fingerprint density at radius 2 is 1.89 bits per heavy atom. The summed E-state index contributed by atoms with van der Waals surface area (Å²) in [5.74, 6) is 1.94. The zero-order valence-corrected chi connectivity index (χ0v) is 22.5. The summed E-state index contributed by atoms with van der Waals surface area (Å²) < 4.78 is 11.2. The molecule has 2 aromatic carbocycles. The number of rotatable bonds is 10. The van der Waals surface area contributed by atoms with Gasteiger partial charge in [-0.05, 0) is 87.8 Å². The van der Waals surface area contributed by atoms with Crippen LogP contribution in [0.1, 0.15) is 70.2 Å². The molecule has 2 heterocycles. The predicted octanol–water partition coefficient (Wildman–Crippen LogP) is 7.30. The molecule has 0 aliphatic carbocycles. The van der Waals surface area contributed by atoms with E-state index in [1.807, 2.05) is 38.1 Å². The summed E-state index contributed by atoms with van der Waals surface area (Å²) in [5.41, 5.74) is 7.36. The second kappa shape index (κ2) is 11.3. The second-order valence-electron chi connectivity index (χ2n) is 10.0. The third-order valence-electron chi connectivity index (χ3n) is 6.82. The Morgan fingerprint density at radius 1 is 1.08 bits per heavy atom. The number of aryl methyl sites for hydroxylation is 4. The highest BCUT2D eigenvalue weighted by Crippen LogP contribution is 2.36. The van der Waals surface area contributed by atoms with Crippen LogP contribution < -0.4 is 5.32 Å².